The molecule has 2 heterocycles. The molecule has 1 saturated heterocycles. The molecule has 0 aromatic carbocycles. The minimum absolute atomic E-state index is 0.0883. The average Bonchev–Trinajstić information content (AvgIpc) is 2.65. The molecule has 98 valence electrons. The third kappa shape index (κ3) is 2.76. The van der Waals surface area contributed by atoms with Crippen LogP contribution >= 0.6 is 0 Å². The van der Waals surface area contributed by atoms with Gasteiger partial charge in [-0.05, 0) is 12.8 Å². The minimum Gasteiger partial charge on any atom is -0.382 e. The number of nitrogens with two attached hydrogens (primary N) is 1. The van der Waals surface area contributed by atoms with Crippen molar-refractivity contribution in [3.63, 3.8) is 0 Å². The highest BCUT2D eigenvalue weighted by atomic mass is 32.2. The predicted octanol–water partition coefficient (Wildman–Crippen LogP) is -0.634. The van der Waals surface area contributed by atoms with Crippen molar-refractivity contribution in [2.24, 2.45) is 0 Å². The molecule has 7 nitrogen and oxygen atoms in total. The molecular weight excluding hydrogens is 256 g/mol. The zero-order valence-electron chi connectivity index (χ0n) is 9.67. The van der Waals surface area contributed by atoms with Crippen molar-refractivity contribution in [2.45, 2.75) is 18.1 Å². The van der Waals surface area contributed by atoms with Crippen molar-refractivity contribution in [3.05, 3.63) is 18.1 Å². The molecular formula is C10H14N4O3S. The van der Waals surface area contributed by atoms with Crippen molar-refractivity contribution in [2.75, 3.05) is 18.0 Å². The van der Waals surface area contributed by atoms with E-state index >= 15 is 0 Å². The number of aromatic nitrogens is 2. The first kappa shape index (κ1) is 12.7. The van der Waals surface area contributed by atoms with Gasteiger partial charge < -0.3 is 11.1 Å². The average molecular weight is 270 g/mol. The normalized spacial score (nSPS) is 21.7. The Bertz CT molecular complexity index is 558. The van der Waals surface area contributed by atoms with Gasteiger partial charge in [0.1, 0.15) is 11.5 Å². The molecule has 0 radical (unpaired) electrons. The van der Waals surface area contributed by atoms with Crippen LogP contribution in [0.1, 0.15) is 23.3 Å². The van der Waals surface area contributed by atoms with E-state index in [1.165, 1.54) is 12.4 Å². The van der Waals surface area contributed by atoms with Gasteiger partial charge in [-0.15, -0.1) is 0 Å². The molecule has 1 atom stereocenters. The number of anilines is 1. The second-order valence-electron chi connectivity index (χ2n) is 4.17. The molecule has 1 unspecified atom stereocenters. The fraction of sp³-hybridized carbons (Fsp3) is 0.500. The quantitative estimate of drug-likeness (QED) is 0.755. The second kappa shape index (κ2) is 4.89. The Labute approximate surface area is 105 Å². The SMILES string of the molecule is Nc1cncc(C(=O)NCC2CCCS2(=O)=O)n1. The number of amides is 1. The summed E-state index contributed by atoms with van der Waals surface area (Å²) >= 11 is 0. The largest absolute Gasteiger partial charge is 0.382 e. The highest BCUT2D eigenvalue weighted by Gasteiger charge is 2.31. The number of rotatable bonds is 3. The number of nitrogens with one attached hydrogen (secondary N) is 1. The van der Waals surface area contributed by atoms with Crippen molar-refractivity contribution in [1.82, 2.24) is 15.3 Å². The van der Waals surface area contributed by atoms with Gasteiger partial charge in [0.05, 0.1) is 23.4 Å². The van der Waals surface area contributed by atoms with Gasteiger partial charge >= 0.3 is 0 Å². The summed E-state index contributed by atoms with van der Waals surface area (Å²) in [6.07, 6.45) is 3.86. The van der Waals surface area contributed by atoms with Gasteiger partial charge in [-0.1, -0.05) is 0 Å². The van der Waals surface area contributed by atoms with Crippen LogP contribution in [0.25, 0.3) is 0 Å². The van der Waals surface area contributed by atoms with Gasteiger partial charge in [-0.2, -0.15) is 0 Å². The summed E-state index contributed by atoms with van der Waals surface area (Å²) in [5.74, 6) is -0.112. The maximum atomic E-state index is 11.7. The molecule has 1 aromatic heterocycles. The summed E-state index contributed by atoms with van der Waals surface area (Å²) in [6.45, 7) is 0.109. The zero-order chi connectivity index (χ0) is 13.2. The monoisotopic (exact) mass is 270 g/mol. The van der Waals surface area contributed by atoms with E-state index in [0.717, 1.165) is 0 Å². The van der Waals surface area contributed by atoms with E-state index in [1.54, 1.807) is 0 Å². The molecule has 0 saturated carbocycles. The summed E-state index contributed by atoms with van der Waals surface area (Å²) in [5, 5.41) is 2.06. The summed E-state index contributed by atoms with van der Waals surface area (Å²) in [4.78, 5) is 19.3. The first-order valence-corrected chi connectivity index (χ1v) is 7.28. The highest BCUT2D eigenvalue weighted by molar-refractivity contribution is 7.92. The third-order valence-corrected chi connectivity index (χ3v) is 5.11. The van der Waals surface area contributed by atoms with Crippen LogP contribution < -0.4 is 11.1 Å². The van der Waals surface area contributed by atoms with Crippen LogP contribution in [-0.4, -0.2) is 41.8 Å². The summed E-state index contributed by atoms with van der Waals surface area (Å²) in [7, 11) is -3.05. The lowest BCUT2D eigenvalue weighted by Crippen LogP contribution is -2.35. The van der Waals surface area contributed by atoms with Gasteiger partial charge in [-0.25, -0.2) is 13.4 Å². The number of carbonyl (C=O) groups is 1. The molecule has 1 aliphatic rings. The highest BCUT2D eigenvalue weighted by Crippen LogP contribution is 2.19. The smallest absolute Gasteiger partial charge is 0.271 e. The maximum Gasteiger partial charge on any atom is 0.271 e. The fourth-order valence-electron chi connectivity index (χ4n) is 1.87. The van der Waals surface area contributed by atoms with E-state index in [0.29, 0.717) is 12.8 Å². The van der Waals surface area contributed by atoms with Crippen molar-refractivity contribution in [3.8, 4) is 0 Å². The Morgan fingerprint density at radius 3 is 2.89 bits per heavy atom. The fourth-order valence-corrected chi connectivity index (χ4v) is 3.64. The minimum atomic E-state index is -3.05. The van der Waals surface area contributed by atoms with Gasteiger partial charge in [-0.3, -0.25) is 9.78 Å². The number of hydrogen-bond acceptors (Lipinski definition) is 6. The molecule has 18 heavy (non-hydrogen) atoms. The van der Waals surface area contributed by atoms with Gasteiger partial charge in [0.2, 0.25) is 0 Å². The first-order valence-electron chi connectivity index (χ1n) is 5.56. The van der Waals surface area contributed by atoms with E-state index < -0.39 is 21.0 Å². The Hall–Kier alpha value is -1.70. The van der Waals surface area contributed by atoms with E-state index in [9.17, 15) is 13.2 Å². The van der Waals surface area contributed by atoms with Crippen LogP contribution in [0, 0.1) is 0 Å². The van der Waals surface area contributed by atoms with Gasteiger partial charge in [0.15, 0.2) is 9.84 Å². The van der Waals surface area contributed by atoms with E-state index in [2.05, 4.69) is 15.3 Å². The standard InChI is InChI=1S/C10H14N4O3S/c11-9-6-12-5-8(14-9)10(15)13-4-7-2-1-3-18(7,16)17/h5-7H,1-4H2,(H2,11,14)(H,13,15). The molecule has 0 spiro atoms. The van der Waals surface area contributed by atoms with E-state index in [-0.39, 0.29) is 23.8 Å². The zero-order valence-corrected chi connectivity index (χ0v) is 10.5. The lowest BCUT2D eigenvalue weighted by molar-refractivity contribution is 0.0948. The van der Waals surface area contributed by atoms with Gasteiger partial charge in [0, 0.05) is 6.54 Å². The van der Waals surface area contributed by atoms with Crippen molar-refractivity contribution >= 4 is 21.6 Å². The van der Waals surface area contributed by atoms with E-state index in [4.69, 9.17) is 5.73 Å². The Balaban J connectivity index is 1.97. The van der Waals surface area contributed by atoms with Crippen LogP contribution in [0.5, 0.6) is 0 Å². The van der Waals surface area contributed by atoms with Crippen LogP contribution in [0.4, 0.5) is 5.82 Å². The number of nitrogens with zero attached hydrogens (tertiary/aromatic N) is 2. The molecule has 1 amide bonds. The second-order valence-corrected chi connectivity index (χ2v) is 6.57. The van der Waals surface area contributed by atoms with Crippen LogP contribution in [0.2, 0.25) is 0 Å². The molecule has 1 aromatic rings. The summed E-state index contributed by atoms with van der Waals surface area (Å²) in [5.41, 5.74) is 5.50. The number of hydrogen-bond donors (Lipinski definition) is 2. The van der Waals surface area contributed by atoms with E-state index in [1.807, 2.05) is 0 Å². The van der Waals surface area contributed by atoms with Crippen molar-refractivity contribution in [1.29, 1.82) is 0 Å². The third-order valence-electron chi connectivity index (χ3n) is 2.84. The summed E-state index contributed by atoms with van der Waals surface area (Å²) in [6, 6.07) is 0. The molecule has 1 aliphatic heterocycles. The summed E-state index contributed by atoms with van der Waals surface area (Å²) < 4.78 is 23.1. The lowest BCUT2D eigenvalue weighted by Gasteiger charge is -2.10. The van der Waals surface area contributed by atoms with Crippen molar-refractivity contribution < 1.29 is 13.2 Å². The molecule has 0 aliphatic carbocycles. The predicted molar refractivity (Wildman–Crippen MR) is 65.6 cm³/mol. The van der Waals surface area contributed by atoms with Crippen LogP contribution in [-0.2, 0) is 9.84 Å². The topological polar surface area (TPSA) is 115 Å². The number of carbonyl (C=O) groups excluding carboxylic acids is 1. The molecule has 2 rings (SSSR count). The van der Waals surface area contributed by atoms with Crippen LogP contribution in [0.15, 0.2) is 12.4 Å². The van der Waals surface area contributed by atoms with Crippen LogP contribution in [0.3, 0.4) is 0 Å². The maximum absolute atomic E-state index is 11.7. The first-order chi connectivity index (χ1) is 8.49. The molecule has 0 bridgehead atoms. The Morgan fingerprint density at radius 2 is 2.28 bits per heavy atom. The number of nitrogen functional groups attached to an aromatic ring is 1. The van der Waals surface area contributed by atoms with Gasteiger partial charge in [0.25, 0.3) is 5.91 Å². The molecule has 1 fully saturated rings. The lowest BCUT2D eigenvalue weighted by atomic mass is 10.2. The molecule has 3 N–H and O–H groups in total. The Kier molecular flexibility index (Phi) is 3.46. The molecule has 8 heteroatoms. The Morgan fingerprint density at radius 1 is 1.50 bits per heavy atom. The number of sulfone groups is 1.